The Kier molecular flexibility index (Phi) is 7.22. The first kappa shape index (κ1) is 22.4. The summed E-state index contributed by atoms with van der Waals surface area (Å²) in [6.45, 7) is 0.488. The SMILES string of the molecule is O=C(O)COc1cccc(/C=C2/SC(=NCc3ccccc3)N(Cc3ccccc3)C2=O)c1. The predicted molar refractivity (Wildman–Crippen MR) is 130 cm³/mol. The molecule has 4 rings (SSSR count). The second-order valence-corrected chi connectivity index (χ2v) is 8.34. The Morgan fingerprint density at radius 3 is 2.36 bits per heavy atom. The molecule has 0 atom stereocenters. The zero-order chi connectivity index (χ0) is 23.0. The van der Waals surface area contributed by atoms with E-state index in [0.717, 1.165) is 16.7 Å². The molecule has 0 spiro atoms. The van der Waals surface area contributed by atoms with Gasteiger partial charge in [0.1, 0.15) is 5.75 Å². The zero-order valence-electron chi connectivity index (χ0n) is 17.8. The van der Waals surface area contributed by atoms with Gasteiger partial charge in [0.15, 0.2) is 11.8 Å². The molecule has 1 fully saturated rings. The van der Waals surface area contributed by atoms with Crippen LogP contribution in [0.5, 0.6) is 5.75 Å². The average Bonchev–Trinajstić information content (AvgIpc) is 3.12. The van der Waals surface area contributed by atoms with E-state index in [1.54, 1.807) is 29.2 Å². The Labute approximate surface area is 196 Å². The number of amides is 1. The number of hydrogen-bond acceptors (Lipinski definition) is 5. The van der Waals surface area contributed by atoms with Crippen LogP contribution in [0.4, 0.5) is 0 Å². The van der Waals surface area contributed by atoms with Crippen LogP contribution in [-0.4, -0.2) is 33.7 Å². The third kappa shape index (κ3) is 6.11. The zero-order valence-corrected chi connectivity index (χ0v) is 18.6. The number of amidine groups is 1. The van der Waals surface area contributed by atoms with Crippen LogP contribution in [-0.2, 0) is 22.7 Å². The normalized spacial score (nSPS) is 15.9. The number of rotatable bonds is 8. The highest BCUT2D eigenvalue weighted by atomic mass is 32.2. The molecule has 1 aliphatic rings. The van der Waals surface area contributed by atoms with E-state index in [4.69, 9.17) is 14.8 Å². The molecular formula is C26H22N2O4S. The van der Waals surface area contributed by atoms with E-state index in [2.05, 4.69) is 0 Å². The van der Waals surface area contributed by atoms with Crippen LogP contribution in [0.15, 0.2) is 94.8 Å². The molecule has 0 aliphatic carbocycles. The van der Waals surface area contributed by atoms with Gasteiger partial charge in [-0.3, -0.25) is 14.7 Å². The Morgan fingerprint density at radius 2 is 1.67 bits per heavy atom. The molecule has 7 heteroatoms. The van der Waals surface area contributed by atoms with Crippen LogP contribution in [0, 0.1) is 0 Å². The van der Waals surface area contributed by atoms with E-state index in [1.807, 2.05) is 66.7 Å². The van der Waals surface area contributed by atoms with Crippen LogP contribution in [0.25, 0.3) is 6.08 Å². The summed E-state index contributed by atoms with van der Waals surface area (Å²) < 4.78 is 5.25. The highest BCUT2D eigenvalue weighted by molar-refractivity contribution is 8.18. The minimum Gasteiger partial charge on any atom is -0.482 e. The highest BCUT2D eigenvalue weighted by Gasteiger charge is 2.33. The molecule has 3 aromatic carbocycles. The van der Waals surface area contributed by atoms with Crippen LogP contribution in [0.1, 0.15) is 16.7 Å². The van der Waals surface area contributed by atoms with E-state index in [0.29, 0.717) is 28.9 Å². The van der Waals surface area contributed by atoms with Crippen molar-refractivity contribution in [1.29, 1.82) is 0 Å². The van der Waals surface area contributed by atoms with Gasteiger partial charge in [0, 0.05) is 0 Å². The second kappa shape index (κ2) is 10.7. The monoisotopic (exact) mass is 458 g/mol. The summed E-state index contributed by atoms with van der Waals surface area (Å²) in [5.74, 6) is -0.732. The van der Waals surface area contributed by atoms with Crippen molar-refractivity contribution in [3.8, 4) is 5.75 Å². The molecule has 0 aromatic heterocycles. The summed E-state index contributed by atoms with van der Waals surface area (Å²) >= 11 is 1.34. The third-order valence-corrected chi connectivity index (χ3v) is 5.87. The Balaban J connectivity index is 1.59. The lowest BCUT2D eigenvalue weighted by atomic mass is 10.2. The number of carboxylic acid groups (broad SMARTS) is 1. The summed E-state index contributed by atoms with van der Waals surface area (Å²) in [4.78, 5) is 31.0. The maximum absolute atomic E-state index is 13.3. The van der Waals surface area contributed by atoms with Crippen LogP contribution >= 0.6 is 11.8 Å². The smallest absolute Gasteiger partial charge is 0.341 e. The van der Waals surface area contributed by atoms with E-state index >= 15 is 0 Å². The molecule has 1 N–H and O–H groups in total. The fourth-order valence-corrected chi connectivity index (χ4v) is 4.24. The third-order valence-electron chi connectivity index (χ3n) is 4.83. The highest BCUT2D eigenvalue weighted by Crippen LogP contribution is 2.34. The summed E-state index contributed by atoms with van der Waals surface area (Å²) in [6.07, 6.45) is 1.78. The second-order valence-electron chi connectivity index (χ2n) is 7.33. The largest absolute Gasteiger partial charge is 0.482 e. The fraction of sp³-hybridized carbons (Fsp3) is 0.115. The molecule has 0 radical (unpaired) electrons. The first-order valence-electron chi connectivity index (χ1n) is 10.4. The van der Waals surface area contributed by atoms with Crippen molar-refractivity contribution < 1.29 is 19.4 Å². The molecule has 1 saturated heterocycles. The molecule has 6 nitrogen and oxygen atoms in total. The molecule has 3 aromatic rings. The van der Waals surface area contributed by atoms with Crippen molar-refractivity contribution in [2.24, 2.45) is 4.99 Å². The minimum atomic E-state index is -1.05. The standard InChI is InChI=1S/C26H22N2O4S/c29-24(30)18-32-22-13-7-12-21(14-22)15-23-25(31)28(17-20-10-5-2-6-11-20)26(33-23)27-16-19-8-3-1-4-9-19/h1-15H,16-18H2,(H,29,30)/b23-15+,27-26?. The lowest BCUT2D eigenvalue weighted by molar-refractivity contribution is -0.139. The average molecular weight is 459 g/mol. The Bertz CT molecular complexity index is 1190. The first-order chi connectivity index (χ1) is 16.1. The van der Waals surface area contributed by atoms with Crippen LogP contribution in [0.2, 0.25) is 0 Å². The molecule has 166 valence electrons. The van der Waals surface area contributed by atoms with Gasteiger partial charge in [-0.1, -0.05) is 72.8 Å². The van der Waals surface area contributed by atoms with Crippen molar-refractivity contribution >= 4 is 34.9 Å². The molecular weight excluding hydrogens is 436 g/mol. The van der Waals surface area contributed by atoms with Gasteiger partial charge in [0.05, 0.1) is 18.0 Å². The topological polar surface area (TPSA) is 79.2 Å². The number of carbonyl (C=O) groups excluding carboxylic acids is 1. The van der Waals surface area contributed by atoms with Crippen molar-refractivity contribution in [2.75, 3.05) is 6.61 Å². The molecule has 1 aliphatic heterocycles. The van der Waals surface area contributed by atoms with Gasteiger partial charge < -0.3 is 9.84 Å². The van der Waals surface area contributed by atoms with Crippen molar-refractivity contribution in [1.82, 2.24) is 4.90 Å². The number of aliphatic carboxylic acids is 1. The number of hydrogen-bond donors (Lipinski definition) is 1. The van der Waals surface area contributed by atoms with Gasteiger partial charge in [0.2, 0.25) is 0 Å². The fourth-order valence-electron chi connectivity index (χ4n) is 3.26. The van der Waals surface area contributed by atoms with Gasteiger partial charge >= 0.3 is 5.97 Å². The quantitative estimate of drug-likeness (QED) is 0.490. The minimum absolute atomic E-state index is 0.118. The molecule has 0 bridgehead atoms. The van der Waals surface area contributed by atoms with Crippen LogP contribution in [0.3, 0.4) is 0 Å². The number of aliphatic imine (C=N–C) groups is 1. The molecule has 1 amide bonds. The lowest BCUT2D eigenvalue weighted by Crippen LogP contribution is -2.28. The maximum atomic E-state index is 13.3. The van der Waals surface area contributed by atoms with E-state index in [9.17, 15) is 9.59 Å². The van der Waals surface area contributed by atoms with Gasteiger partial charge in [-0.25, -0.2) is 4.79 Å². The van der Waals surface area contributed by atoms with Gasteiger partial charge in [-0.2, -0.15) is 0 Å². The van der Waals surface area contributed by atoms with Crippen molar-refractivity contribution in [3.05, 3.63) is 107 Å². The number of benzene rings is 3. The summed E-state index contributed by atoms with van der Waals surface area (Å²) in [7, 11) is 0. The number of ether oxygens (including phenoxy) is 1. The number of carbonyl (C=O) groups is 2. The van der Waals surface area contributed by atoms with Crippen molar-refractivity contribution in [3.63, 3.8) is 0 Å². The van der Waals surface area contributed by atoms with Crippen LogP contribution < -0.4 is 4.74 Å². The molecule has 33 heavy (non-hydrogen) atoms. The van der Waals surface area contributed by atoms with Gasteiger partial charge in [-0.05, 0) is 46.7 Å². The maximum Gasteiger partial charge on any atom is 0.341 e. The Hall–Kier alpha value is -3.84. The van der Waals surface area contributed by atoms with Gasteiger partial charge in [0.25, 0.3) is 5.91 Å². The molecule has 0 saturated carbocycles. The number of thioether (sulfide) groups is 1. The van der Waals surface area contributed by atoms with E-state index < -0.39 is 12.6 Å². The lowest BCUT2D eigenvalue weighted by Gasteiger charge is -2.15. The number of nitrogens with zero attached hydrogens (tertiary/aromatic N) is 2. The summed E-state index contributed by atoms with van der Waals surface area (Å²) in [6, 6.07) is 26.7. The number of carboxylic acids is 1. The van der Waals surface area contributed by atoms with Crippen molar-refractivity contribution in [2.45, 2.75) is 13.1 Å². The first-order valence-corrected chi connectivity index (χ1v) is 11.2. The Morgan fingerprint density at radius 1 is 0.970 bits per heavy atom. The van der Waals surface area contributed by atoms with E-state index in [-0.39, 0.29) is 5.91 Å². The summed E-state index contributed by atoms with van der Waals surface area (Å²) in [5, 5.41) is 9.47. The van der Waals surface area contributed by atoms with Gasteiger partial charge in [-0.15, -0.1) is 0 Å². The molecule has 1 heterocycles. The molecule has 0 unspecified atom stereocenters. The predicted octanol–water partition coefficient (Wildman–Crippen LogP) is 4.82. The summed E-state index contributed by atoms with van der Waals surface area (Å²) in [5.41, 5.74) is 2.83. The van der Waals surface area contributed by atoms with E-state index in [1.165, 1.54) is 11.8 Å².